The molecule has 1 atom stereocenters. The van der Waals surface area contributed by atoms with Crippen molar-refractivity contribution in [2.75, 3.05) is 6.54 Å². The standard InChI is InChI=1S/C13H18F3NO/c1-9(2)17-8-10(3)18-12-6-4-11(5-7-12)13(14,15)16/h4-7,9-10,17H,8H2,1-3H3. The predicted molar refractivity (Wildman–Crippen MR) is 64.7 cm³/mol. The maximum Gasteiger partial charge on any atom is 0.416 e. The number of rotatable bonds is 5. The summed E-state index contributed by atoms with van der Waals surface area (Å²) in [5.74, 6) is 0.445. The van der Waals surface area contributed by atoms with E-state index in [0.717, 1.165) is 12.1 Å². The number of benzene rings is 1. The normalized spacial score (nSPS) is 13.7. The fourth-order valence-corrected chi connectivity index (χ4v) is 1.40. The van der Waals surface area contributed by atoms with Crippen LogP contribution in [0.3, 0.4) is 0 Å². The third-order valence-corrected chi connectivity index (χ3v) is 2.33. The molecule has 0 aromatic heterocycles. The van der Waals surface area contributed by atoms with Crippen molar-refractivity contribution >= 4 is 0 Å². The molecule has 0 spiro atoms. The zero-order valence-corrected chi connectivity index (χ0v) is 10.7. The monoisotopic (exact) mass is 261 g/mol. The molecule has 1 unspecified atom stereocenters. The molecule has 5 heteroatoms. The molecule has 2 nitrogen and oxygen atoms in total. The first-order chi connectivity index (χ1) is 8.29. The van der Waals surface area contributed by atoms with Crippen LogP contribution in [-0.2, 0) is 6.18 Å². The predicted octanol–water partition coefficient (Wildman–Crippen LogP) is 3.47. The number of hydrogen-bond donors (Lipinski definition) is 1. The van der Waals surface area contributed by atoms with Crippen LogP contribution >= 0.6 is 0 Å². The van der Waals surface area contributed by atoms with E-state index < -0.39 is 11.7 Å². The topological polar surface area (TPSA) is 21.3 Å². The lowest BCUT2D eigenvalue weighted by Crippen LogP contribution is -2.33. The van der Waals surface area contributed by atoms with Crippen molar-refractivity contribution in [3.05, 3.63) is 29.8 Å². The summed E-state index contributed by atoms with van der Waals surface area (Å²) in [6.45, 7) is 6.56. The van der Waals surface area contributed by atoms with Crippen molar-refractivity contribution in [1.82, 2.24) is 5.32 Å². The molecule has 1 aromatic rings. The number of hydrogen-bond acceptors (Lipinski definition) is 2. The van der Waals surface area contributed by atoms with E-state index >= 15 is 0 Å². The van der Waals surface area contributed by atoms with Crippen LogP contribution in [0.2, 0.25) is 0 Å². The lowest BCUT2D eigenvalue weighted by atomic mass is 10.2. The molecule has 0 heterocycles. The molecule has 1 aromatic carbocycles. The van der Waals surface area contributed by atoms with Gasteiger partial charge in [-0.25, -0.2) is 0 Å². The largest absolute Gasteiger partial charge is 0.489 e. The molecule has 102 valence electrons. The van der Waals surface area contributed by atoms with Crippen molar-refractivity contribution in [2.45, 2.75) is 39.1 Å². The highest BCUT2D eigenvalue weighted by Crippen LogP contribution is 2.30. The van der Waals surface area contributed by atoms with Gasteiger partial charge < -0.3 is 10.1 Å². The Hall–Kier alpha value is -1.23. The summed E-state index contributed by atoms with van der Waals surface area (Å²) in [5, 5.41) is 3.20. The lowest BCUT2D eigenvalue weighted by Gasteiger charge is -2.17. The molecule has 0 aliphatic carbocycles. The summed E-state index contributed by atoms with van der Waals surface area (Å²) in [6, 6.07) is 5.09. The van der Waals surface area contributed by atoms with Gasteiger partial charge in [-0.05, 0) is 31.2 Å². The van der Waals surface area contributed by atoms with Crippen molar-refractivity contribution in [3.8, 4) is 5.75 Å². The van der Waals surface area contributed by atoms with E-state index in [1.54, 1.807) is 0 Å². The Bertz CT molecular complexity index is 359. The zero-order valence-electron chi connectivity index (χ0n) is 10.7. The average Bonchev–Trinajstić information content (AvgIpc) is 2.26. The Labute approximate surface area is 105 Å². The molecule has 0 bridgehead atoms. The Kier molecular flexibility index (Phi) is 5.02. The molecule has 1 rings (SSSR count). The van der Waals surface area contributed by atoms with E-state index in [0.29, 0.717) is 18.3 Å². The Morgan fingerprint density at radius 1 is 1.11 bits per heavy atom. The van der Waals surface area contributed by atoms with Crippen LogP contribution < -0.4 is 10.1 Å². The van der Waals surface area contributed by atoms with E-state index in [1.165, 1.54) is 12.1 Å². The molecule has 0 saturated heterocycles. The van der Waals surface area contributed by atoms with Gasteiger partial charge in [0.05, 0.1) is 5.56 Å². The quantitative estimate of drug-likeness (QED) is 0.876. The van der Waals surface area contributed by atoms with Gasteiger partial charge >= 0.3 is 6.18 Å². The maximum atomic E-state index is 12.3. The smallest absolute Gasteiger partial charge is 0.416 e. The van der Waals surface area contributed by atoms with Gasteiger partial charge in [-0.15, -0.1) is 0 Å². The second kappa shape index (κ2) is 6.09. The highest BCUT2D eigenvalue weighted by molar-refractivity contribution is 5.29. The minimum absolute atomic E-state index is 0.0934. The van der Waals surface area contributed by atoms with Gasteiger partial charge in [0.2, 0.25) is 0 Å². The van der Waals surface area contributed by atoms with Gasteiger partial charge in [0.25, 0.3) is 0 Å². The zero-order chi connectivity index (χ0) is 13.8. The van der Waals surface area contributed by atoms with Crippen molar-refractivity contribution in [1.29, 1.82) is 0 Å². The number of alkyl halides is 3. The van der Waals surface area contributed by atoms with Gasteiger partial charge in [0.15, 0.2) is 0 Å². The van der Waals surface area contributed by atoms with Crippen LogP contribution in [-0.4, -0.2) is 18.7 Å². The van der Waals surface area contributed by atoms with Crippen LogP contribution in [0.5, 0.6) is 5.75 Å². The first kappa shape index (κ1) is 14.8. The van der Waals surface area contributed by atoms with Gasteiger partial charge in [-0.3, -0.25) is 0 Å². The van der Waals surface area contributed by atoms with Crippen LogP contribution in [0.25, 0.3) is 0 Å². The van der Waals surface area contributed by atoms with Gasteiger partial charge in [-0.2, -0.15) is 13.2 Å². The Balaban J connectivity index is 2.53. The molecule has 0 radical (unpaired) electrons. The fraction of sp³-hybridized carbons (Fsp3) is 0.538. The SMILES string of the molecule is CC(C)NCC(C)Oc1ccc(C(F)(F)F)cc1. The molecule has 0 aliphatic rings. The van der Waals surface area contributed by atoms with Crippen molar-refractivity contribution in [3.63, 3.8) is 0 Å². The molecule has 18 heavy (non-hydrogen) atoms. The Morgan fingerprint density at radius 2 is 1.67 bits per heavy atom. The first-order valence-electron chi connectivity index (χ1n) is 5.86. The molecule has 0 fully saturated rings. The van der Waals surface area contributed by atoms with E-state index in [9.17, 15) is 13.2 Å². The summed E-state index contributed by atoms with van der Waals surface area (Å²) in [6.07, 6.45) is -4.40. The van der Waals surface area contributed by atoms with Crippen LogP contribution in [0, 0.1) is 0 Å². The molecule has 0 aliphatic heterocycles. The van der Waals surface area contributed by atoms with E-state index in [2.05, 4.69) is 5.32 Å². The second-order valence-corrected chi connectivity index (χ2v) is 4.51. The van der Waals surface area contributed by atoms with Crippen LogP contribution in [0.4, 0.5) is 13.2 Å². The number of nitrogens with one attached hydrogen (secondary N) is 1. The average molecular weight is 261 g/mol. The van der Waals surface area contributed by atoms with Crippen molar-refractivity contribution < 1.29 is 17.9 Å². The van der Waals surface area contributed by atoms with E-state index in [-0.39, 0.29) is 6.10 Å². The minimum Gasteiger partial charge on any atom is -0.489 e. The van der Waals surface area contributed by atoms with Gasteiger partial charge in [0.1, 0.15) is 11.9 Å². The summed E-state index contributed by atoms with van der Waals surface area (Å²) < 4.78 is 42.5. The third-order valence-electron chi connectivity index (χ3n) is 2.33. The lowest BCUT2D eigenvalue weighted by molar-refractivity contribution is -0.137. The summed E-state index contributed by atoms with van der Waals surface area (Å²) in [5.41, 5.74) is -0.664. The molecule has 0 saturated carbocycles. The molecule has 1 N–H and O–H groups in total. The maximum absolute atomic E-state index is 12.3. The summed E-state index contributed by atoms with van der Waals surface area (Å²) in [7, 11) is 0. The first-order valence-corrected chi connectivity index (χ1v) is 5.86. The highest BCUT2D eigenvalue weighted by Gasteiger charge is 2.30. The van der Waals surface area contributed by atoms with Crippen LogP contribution in [0.1, 0.15) is 26.3 Å². The van der Waals surface area contributed by atoms with Crippen molar-refractivity contribution in [2.24, 2.45) is 0 Å². The number of halogens is 3. The van der Waals surface area contributed by atoms with E-state index in [4.69, 9.17) is 4.74 Å². The summed E-state index contributed by atoms with van der Waals surface area (Å²) >= 11 is 0. The van der Waals surface area contributed by atoms with Gasteiger partial charge in [0, 0.05) is 12.6 Å². The fourth-order valence-electron chi connectivity index (χ4n) is 1.40. The molecular weight excluding hydrogens is 243 g/mol. The highest BCUT2D eigenvalue weighted by atomic mass is 19.4. The third kappa shape index (κ3) is 4.96. The second-order valence-electron chi connectivity index (χ2n) is 4.51. The Morgan fingerprint density at radius 3 is 2.11 bits per heavy atom. The molecule has 0 amide bonds. The minimum atomic E-state index is -4.30. The van der Waals surface area contributed by atoms with Gasteiger partial charge in [-0.1, -0.05) is 13.8 Å². The number of ether oxygens (including phenoxy) is 1. The van der Waals surface area contributed by atoms with E-state index in [1.807, 2.05) is 20.8 Å². The van der Waals surface area contributed by atoms with Crippen LogP contribution in [0.15, 0.2) is 24.3 Å². The molecular formula is C13H18F3NO. The summed E-state index contributed by atoms with van der Waals surface area (Å²) in [4.78, 5) is 0.